The maximum Gasteiger partial charge on any atom is 0.227 e. The summed E-state index contributed by atoms with van der Waals surface area (Å²) in [6.07, 6.45) is 0.362. The fourth-order valence-electron chi connectivity index (χ4n) is 2.09. The standard InChI is InChI=1S/C17H17Cl2NO/c18-10-11-20(13-15-4-2-1-3-5-15)17(21)12-14-6-8-16(19)9-7-14/h1-9H,10-13H2. The lowest BCUT2D eigenvalue weighted by Crippen LogP contribution is -2.33. The number of rotatable bonds is 6. The highest BCUT2D eigenvalue weighted by atomic mass is 35.5. The molecular weight excluding hydrogens is 305 g/mol. The Hall–Kier alpha value is -1.51. The van der Waals surface area contributed by atoms with Gasteiger partial charge >= 0.3 is 0 Å². The van der Waals surface area contributed by atoms with Crippen molar-refractivity contribution in [1.29, 1.82) is 0 Å². The monoisotopic (exact) mass is 321 g/mol. The van der Waals surface area contributed by atoms with Gasteiger partial charge in [-0.3, -0.25) is 4.79 Å². The molecule has 4 heteroatoms. The summed E-state index contributed by atoms with van der Waals surface area (Å²) < 4.78 is 0. The van der Waals surface area contributed by atoms with E-state index in [4.69, 9.17) is 23.2 Å². The van der Waals surface area contributed by atoms with E-state index in [2.05, 4.69) is 0 Å². The highest BCUT2D eigenvalue weighted by molar-refractivity contribution is 6.30. The lowest BCUT2D eigenvalue weighted by Gasteiger charge is -2.22. The smallest absolute Gasteiger partial charge is 0.227 e. The van der Waals surface area contributed by atoms with Crippen LogP contribution in [0.3, 0.4) is 0 Å². The Morgan fingerprint density at radius 3 is 2.24 bits per heavy atom. The average molecular weight is 322 g/mol. The molecule has 0 fully saturated rings. The summed E-state index contributed by atoms with van der Waals surface area (Å²) in [7, 11) is 0. The molecule has 0 unspecified atom stereocenters. The van der Waals surface area contributed by atoms with Crippen molar-refractivity contribution in [1.82, 2.24) is 4.90 Å². The van der Waals surface area contributed by atoms with E-state index in [1.807, 2.05) is 42.5 Å². The van der Waals surface area contributed by atoms with E-state index in [1.165, 1.54) is 0 Å². The predicted molar refractivity (Wildman–Crippen MR) is 87.7 cm³/mol. The van der Waals surface area contributed by atoms with E-state index in [-0.39, 0.29) is 5.91 Å². The first-order valence-electron chi connectivity index (χ1n) is 6.81. The van der Waals surface area contributed by atoms with Crippen molar-refractivity contribution in [3.63, 3.8) is 0 Å². The van der Waals surface area contributed by atoms with Crippen LogP contribution in [0.4, 0.5) is 0 Å². The second kappa shape index (κ2) is 8.06. The number of alkyl halides is 1. The molecule has 1 amide bonds. The normalized spacial score (nSPS) is 10.4. The number of benzene rings is 2. The quantitative estimate of drug-likeness (QED) is 0.732. The number of nitrogens with zero attached hydrogens (tertiary/aromatic N) is 1. The Kier molecular flexibility index (Phi) is 6.09. The van der Waals surface area contributed by atoms with Gasteiger partial charge in [0.1, 0.15) is 0 Å². The SMILES string of the molecule is O=C(Cc1ccc(Cl)cc1)N(CCCl)Cc1ccccc1. The topological polar surface area (TPSA) is 20.3 Å². The molecule has 0 heterocycles. The van der Waals surface area contributed by atoms with Gasteiger partial charge in [-0.2, -0.15) is 0 Å². The van der Waals surface area contributed by atoms with Crippen LogP contribution in [0.5, 0.6) is 0 Å². The molecule has 0 aliphatic heterocycles. The van der Waals surface area contributed by atoms with E-state index in [9.17, 15) is 4.79 Å². The summed E-state index contributed by atoms with van der Waals surface area (Å²) in [4.78, 5) is 14.2. The Morgan fingerprint density at radius 1 is 0.952 bits per heavy atom. The zero-order chi connectivity index (χ0) is 15.1. The lowest BCUT2D eigenvalue weighted by atomic mass is 10.1. The van der Waals surface area contributed by atoms with E-state index in [0.29, 0.717) is 30.4 Å². The van der Waals surface area contributed by atoms with Gasteiger partial charge in [0.2, 0.25) is 5.91 Å². The Balaban J connectivity index is 2.03. The van der Waals surface area contributed by atoms with E-state index >= 15 is 0 Å². The minimum atomic E-state index is 0.0711. The summed E-state index contributed by atoms with van der Waals surface area (Å²) >= 11 is 11.7. The number of carbonyl (C=O) groups excluding carboxylic acids is 1. The van der Waals surface area contributed by atoms with E-state index < -0.39 is 0 Å². The maximum absolute atomic E-state index is 12.4. The average Bonchev–Trinajstić information content (AvgIpc) is 2.50. The number of carbonyl (C=O) groups is 1. The van der Waals surface area contributed by atoms with Crippen LogP contribution in [0.25, 0.3) is 0 Å². The number of hydrogen-bond donors (Lipinski definition) is 0. The summed E-state index contributed by atoms with van der Waals surface area (Å²) in [5.41, 5.74) is 2.06. The van der Waals surface area contributed by atoms with Crippen molar-refractivity contribution < 1.29 is 4.79 Å². The second-order valence-corrected chi connectivity index (χ2v) is 5.61. The third-order valence-electron chi connectivity index (χ3n) is 3.19. The number of hydrogen-bond acceptors (Lipinski definition) is 1. The molecule has 0 aliphatic carbocycles. The van der Waals surface area contributed by atoms with Gasteiger partial charge in [-0.25, -0.2) is 0 Å². The molecule has 0 aromatic heterocycles. The summed E-state index contributed by atoms with van der Waals surface area (Å²) in [6.45, 7) is 1.13. The van der Waals surface area contributed by atoms with Crippen LogP contribution in [0.1, 0.15) is 11.1 Å². The minimum Gasteiger partial charge on any atom is -0.337 e. The molecule has 0 saturated heterocycles. The van der Waals surface area contributed by atoms with Crippen molar-refractivity contribution in [2.45, 2.75) is 13.0 Å². The fraction of sp³-hybridized carbons (Fsp3) is 0.235. The molecule has 0 saturated carbocycles. The first-order valence-corrected chi connectivity index (χ1v) is 7.72. The molecule has 2 aromatic carbocycles. The van der Waals surface area contributed by atoms with Crippen LogP contribution in [-0.2, 0) is 17.8 Å². The summed E-state index contributed by atoms with van der Waals surface area (Å²) in [5.74, 6) is 0.501. The zero-order valence-electron chi connectivity index (χ0n) is 11.6. The van der Waals surface area contributed by atoms with Crippen LogP contribution in [0.2, 0.25) is 5.02 Å². The molecule has 2 aromatic rings. The molecule has 21 heavy (non-hydrogen) atoms. The second-order valence-electron chi connectivity index (χ2n) is 4.79. The molecule has 0 atom stereocenters. The van der Waals surface area contributed by atoms with E-state index in [0.717, 1.165) is 11.1 Å². The minimum absolute atomic E-state index is 0.0711. The van der Waals surface area contributed by atoms with Gasteiger partial charge < -0.3 is 4.90 Å². The molecule has 2 nitrogen and oxygen atoms in total. The van der Waals surface area contributed by atoms with Crippen molar-refractivity contribution in [3.8, 4) is 0 Å². The first kappa shape index (κ1) is 15.9. The van der Waals surface area contributed by atoms with Gasteiger partial charge in [0.05, 0.1) is 6.42 Å². The molecule has 110 valence electrons. The molecule has 0 radical (unpaired) electrons. The van der Waals surface area contributed by atoms with Gasteiger partial charge in [-0.15, -0.1) is 11.6 Å². The van der Waals surface area contributed by atoms with Crippen molar-refractivity contribution >= 4 is 29.1 Å². The molecule has 0 bridgehead atoms. The summed E-state index contributed by atoms with van der Waals surface area (Å²) in [5, 5.41) is 0.674. The van der Waals surface area contributed by atoms with Crippen LogP contribution < -0.4 is 0 Å². The Bertz CT molecular complexity index is 569. The van der Waals surface area contributed by atoms with E-state index in [1.54, 1.807) is 17.0 Å². The van der Waals surface area contributed by atoms with Crippen molar-refractivity contribution in [2.75, 3.05) is 12.4 Å². The molecule has 0 N–H and O–H groups in total. The van der Waals surface area contributed by atoms with Crippen LogP contribution in [-0.4, -0.2) is 23.2 Å². The van der Waals surface area contributed by atoms with Gasteiger partial charge in [0.15, 0.2) is 0 Å². The molecular formula is C17H17Cl2NO. The first-order chi connectivity index (χ1) is 10.2. The van der Waals surface area contributed by atoms with Crippen molar-refractivity contribution in [2.24, 2.45) is 0 Å². The van der Waals surface area contributed by atoms with Gasteiger partial charge in [-0.1, -0.05) is 54.1 Å². The Morgan fingerprint density at radius 2 is 1.62 bits per heavy atom. The summed E-state index contributed by atoms with van der Waals surface area (Å²) in [6, 6.07) is 17.3. The van der Waals surface area contributed by atoms with Crippen LogP contribution in [0.15, 0.2) is 54.6 Å². The third kappa shape index (κ3) is 5.07. The van der Waals surface area contributed by atoms with Gasteiger partial charge in [0.25, 0.3) is 0 Å². The largest absolute Gasteiger partial charge is 0.337 e. The molecule has 0 spiro atoms. The van der Waals surface area contributed by atoms with Crippen LogP contribution in [0, 0.1) is 0 Å². The lowest BCUT2D eigenvalue weighted by molar-refractivity contribution is -0.130. The van der Waals surface area contributed by atoms with Gasteiger partial charge in [-0.05, 0) is 23.3 Å². The van der Waals surface area contributed by atoms with Crippen LogP contribution >= 0.6 is 23.2 Å². The maximum atomic E-state index is 12.4. The Labute approximate surface area is 135 Å². The highest BCUT2D eigenvalue weighted by Crippen LogP contribution is 2.12. The highest BCUT2D eigenvalue weighted by Gasteiger charge is 2.14. The van der Waals surface area contributed by atoms with Crippen molar-refractivity contribution in [3.05, 3.63) is 70.7 Å². The zero-order valence-corrected chi connectivity index (χ0v) is 13.1. The number of amides is 1. The predicted octanol–water partition coefficient (Wildman–Crippen LogP) is 4.15. The molecule has 2 rings (SSSR count). The third-order valence-corrected chi connectivity index (χ3v) is 3.61. The van der Waals surface area contributed by atoms with Gasteiger partial charge in [0, 0.05) is 24.0 Å². The number of halogens is 2. The molecule has 0 aliphatic rings. The fourth-order valence-corrected chi connectivity index (χ4v) is 2.42.